The summed E-state index contributed by atoms with van der Waals surface area (Å²) in [4.78, 5) is 32.6. The summed E-state index contributed by atoms with van der Waals surface area (Å²) in [5.41, 5.74) is 0.996. The van der Waals surface area contributed by atoms with Gasteiger partial charge in [-0.05, 0) is 50.2 Å². The lowest BCUT2D eigenvalue weighted by Gasteiger charge is -2.16. The van der Waals surface area contributed by atoms with Gasteiger partial charge in [-0.1, -0.05) is 0 Å². The number of ether oxygens (including phenoxy) is 1. The van der Waals surface area contributed by atoms with Crippen LogP contribution in [0.2, 0.25) is 0 Å². The zero-order chi connectivity index (χ0) is 23.5. The van der Waals surface area contributed by atoms with Gasteiger partial charge in [-0.15, -0.1) is 0 Å². The van der Waals surface area contributed by atoms with Crippen LogP contribution in [0.5, 0.6) is 11.6 Å². The minimum absolute atomic E-state index is 0.0799. The number of fused-ring (bicyclic) bond motifs is 1. The summed E-state index contributed by atoms with van der Waals surface area (Å²) in [6.07, 6.45) is 2.89. The van der Waals surface area contributed by atoms with Gasteiger partial charge in [0.2, 0.25) is 17.3 Å². The number of hydrogen-bond acceptors (Lipinski definition) is 7. The van der Waals surface area contributed by atoms with E-state index in [0.717, 1.165) is 0 Å². The van der Waals surface area contributed by atoms with Crippen LogP contribution in [-0.4, -0.2) is 25.6 Å². The fourth-order valence-corrected chi connectivity index (χ4v) is 3.31. The maximum Gasteiger partial charge on any atom is 0.341 e. The molecule has 0 radical (unpaired) electrons. The van der Waals surface area contributed by atoms with Crippen molar-refractivity contribution in [2.24, 2.45) is 0 Å². The summed E-state index contributed by atoms with van der Waals surface area (Å²) in [5, 5.41) is 21.6. The van der Waals surface area contributed by atoms with Crippen molar-refractivity contribution in [2.45, 2.75) is 19.9 Å². The quantitative estimate of drug-likeness (QED) is 0.448. The van der Waals surface area contributed by atoms with Crippen LogP contribution in [0.25, 0.3) is 10.9 Å². The summed E-state index contributed by atoms with van der Waals surface area (Å²) in [5.74, 6) is -0.244. The summed E-state index contributed by atoms with van der Waals surface area (Å²) < 4.78 is 7.61. The number of nitrogens with zero attached hydrogens (tertiary/aromatic N) is 4. The number of benzene rings is 2. The summed E-state index contributed by atoms with van der Waals surface area (Å²) >= 11 is 0. The Labute approximate surface area is 188 Å². The molecule has 2 aromatic carbocycles. The Morgan fingerprint density at radius 2 is 1.94 bits per heavy atom. The number of carboxylic acids is 1. The van der Waals surface area contributed by atoms with E-state index < -0.39 is 11.4 Å². The van der Waals surface area contributed by atoms with Crippen LogP contribution in [-0.2, 0) is 0 Å². The van der Waals surface area contributed by atoms with E-state index >= 15 is 0 Å². The van der Waals surface area contributed by atoms with Gasteiger partial charge in [-0.2, -0.15) is 10.2 Å². The first-order valence-electron chi connectivity index (χ1n) is 10.1. The fraction of sp³-hybridized carbons (Fsp3) is 0.125. The van der Waals surface area contributed by atoms with E-state index in [1.807, 2.05) is 13.8 Å². The van der Waals surface area contributed by atoms with Crippen LogP contribution >= 0.6 is 0 Å². The summed E-state index contributed by atoms with van der Waals surface area (Å²) in [6, 6.07) is 15.3. The standard InChI is InChI=1S/C24H19N5O4/c1-14(2)29-13-19(23(31)32)22(30)18-8-7-17(11-20(18)29)33-21-9-10-26-24(28-21)27-16-5-3-15(12-25)4-6-16/h3-11,13-14H,1-2H3,(H,31,32)(H,26,27,28). The molecule has 0 unspecified atom stereocenters. The Kier molecular flexibility index (Phi) is 5.74. The van der Waals surface area contributed by atoms with Crippen LogP contribution in [0.15, 0.2) is 65.7 Å². The monoisotopic (exact) mass is 441 g/mol. The van der Waals surface area contributed by atoms with Gasteiger partial charge in [-0.3, -0.25) is 4.79 Å². The third-order valence-electron chi connectivity index (χ3n) is 4.91. The van der Waals surface area contributed by atoms with Gasteiger partial charge in [-0.25, -0.2) is 9.78 Å². The lowest BCUT2D eigenvalue weighted by atomic mass is 10.1. The molecule has 2 heterocycles. The Morgan fingerprint density at radius 3 is 2.61 bits per heavy atom. The van der Waals surface area contributed by atoms with E-state index in [2.05, 4.69) is 21.4 Å². The predicted octanol–water partition coefficient (Wildman–Crippen LogP) is 4.48. The number of anilines is 2. The molecular weight excluding hydrogens is 422 g/mol. The number of carbonyl (C=O) groups is 1. The van der Waals surface area contributed by atoms with E-state index in [-0.39, 0.29) is 17.5 Å². The average Bonchev–Trinajstić information content (AvgIpc) is 2.79. The number of rotatable bonds is 6. The van der Waals surface area contributed by atoms with Crippen molar-refractivity contribution in [1.82, 2.24) is 14.5 Å². The largest absolute Gasteiger partial charge is 0.477 e. The van der Waals surface area contributed by atoms with Crippen LogP contribution in [0.4, 0.5) is 11.6 Å². The lowest BCUT2D eigenvalue weighted by Crippen LogP contribution is -2.19. The van der Waals surface area contributed by atoms with Crippen molar-refractivity contribution in [1.29, 1.82) is 5.26 Å². The molecule has 0 aliphatic carbocycles. The highest BCUT2D eigenvalue weighted by Gasteiger charge is 2.16. The number of nitrogens with one attached hydrogen (secondary N) is 1. The van der Waals surface area contributed by atoms with Crippen molar-refractivity contribution in [3.8, 4) is 17.7 Å². The van der Waals surface area contributed by atoms with Crippen LogP contribution in [0.1, 0.15) is 35.8 Å². The molecule has 0 aliphatic rings. The number of nitriles is 1. The van der Waals surface area contributed by atoms with Gasteiger partial charge in [0, 0.05) is 41.6 Å². The molecule has 4 aromatic rings. The van der Waals surface area contributed by atoms with Gasteiger partial charge < -0.3 is 19.7 Å². The summed E-state index contributed by atoms with van der Waals surface area (Å²) in [7, 11) is 0. The third-order valence-corrected chi connectivity index (χ3v) is 4.91. The Balaban J connectivity index is 1.65. The molecule has 2 N–H and O–H groups in total. The first-order valence-corrected chi connectivity index (χ1v) is 10.1. The molecule has 0 spiro atoms. The zero-order valence-corrected chi connectivity index (χ0v) is 17.8. The lowest BCUT2D eigenvalue weighted by molar-refractivity contribution is 0.0694. The number of pyridine rings is 1. The topological polar surface area (TPSA) is 130 Å². The minimum atomic E-state index is -1.26. The number of aromatic nitrogens is 3. The molecule has 0 atom stereocenters. The summed E-state index contributed by atoms with van der Waals surface area (Å²) in [6.45, 7) is 3.79. The van der Waals surface area contributed by atoms with Crippen molar-refractivity contribution in [2.75, 3.05) is 5.32 Å². The van der Waals surface area contributed by atoms with Gasteiger partial charge in [0.15, 0.2) is 0 Å². The Bertz CT molecular complexity index is 1450. The van der Waals surface area contributed by atoms with Crippen LogP contribution in [0.3, 0.4) is 0 Å². The van der Waals surface area contributed by atoms with Crippen molar-refractivity contribution in [3.63, 3.8) is 0 Å². The molecule has 4 rings (SSSR count). The minimum Gasteiger partial charge on any atom is -0.477 e. The van der Waals surface area contributed by atoms with Gasteiger partial charge in [0.05, 0.1) is 17.1 Å². The number of carboxylic acid groups (broad SMARTS) is 1. The number of aromatic carboxylic acids is 1. The van der Waals surface area contributed by atoms with E-state index in [1.165, 1.54) is 6.20 Å². The van der Waals surface area contributed by atoms with Gasteiger partial charge >= 0.3 is 5.97 Å². The normalized spacial score (nSPS) is 10.7. The van der Waals surface area contributed by atoms with E-state index in [4.69, 9.17) is 10.00 Å². The molecule has 33 heavy (non-hydrogen) atoms. The molecule has 0 saturated carbocycles. The van der Waals surface area contributed by atoms with E-state index in [9.17, 15) is 14.7 Å². The van der Waals surface area contributed by atoms with E-state index in [1.54, 1.807) is 59.3 Å². The third kappa shape index (κ3) is 4.50. The second-order valence-corrected chi connectivity index (χ2v) is 7.49. The molecule has 0 bridgehead atoms. The highest BCUT2D eigenvalue weighted by atomic mass is 16.5. The zero-order valence-electron chi connectivity index (χ0n) is 17.8. The Hall–Kier alpha value is -4.71. The maximum atomic E-state index is 12.6. The predicted molar refractivity (Wildman–Crippen MR) is 122 cm³/mol. The van der Waals surface area contributed by atoms with Gasteiger partial charge in [0.25, 0.3) is 0 Å². The molecule has 0 aliphatic heterocycles. The SMILES string of the molecule is CC(C)n1cc(C(=O)O)c(=O)c2ccc(Oc3ccnc(Nc4ccc(C#N)cc4)n3)cc21. The Morgan fingerprint density at radius 1 is 1.18 bits per heavy atom. The molecule has 9 nitrogen and oxygen atoms in total. The van der Waals surface area contributed by atoms with E-state index in [0.29, 0.717) is 33.9 Å². The average molecular weight is 441 g/mol. The number of hydrogen-bond donors (Lipinski definition) is 2. The molecule has 0 fully saturated rings. The van der Waals surface area contributed by atoms with Crippen LogP contribution in [0, 0.1) is 11.3 Å². The smallest absolute Gasteiger partial charge is 0.341 e. The second-order valence-electron chi connectivity index (χ2n) is 7.49. The first-order chi connectivity index (χ1) is 15.9. The highest BCUT2D eigenvalue weighted by Crippen LogP contribution is 2.26. The molecule has 2 aromatic heterocycles. The van der Waals surface area contributed by atoms with Crippen molar-refractivity contribution >= 4 is 28.5 Å². The molecule has 164 valence electrons. The van der Waals surface area contributed by atoms with Crippen molar-refractivity contribution in [3.05, 3.63) is 82.3 Å². The van der Waals surface area contributed by atoms with Crippen molar-refractivity contribution < 1.29 is 14.6 Å². The van der Waals surface area contributed by atoms with Gasteiger partial charge in [0.1, 0.15) is 11.3 Å². The molecule has 9 heteroatoms. The molecule has 0 saturated heterocycles. The first kappa shape index (κ1) is 21.5. The molecular formula is C24H19N5O4. The highest BCUT2D eigenvalue weighted by molar-refractivity contribution is 5.93. The second kappa shape index (κ2) is 8.80. The maximum absolute atomic E-state index is 12.6. The molecule has 0 amide bonds. The fourth-order valence-electron chi connectivity index (χ4n) is 3.31. The van der Waals surface area contributed by atoms with Crippen LogP contribution < -0.4 is 15.5 Å².